The number of aliphatic hydroxyl groups is 2. The molecule has 0 aliphatic heterocycles. The molecule has 2 heterocycles. The molecule has 0 saturated carbocycles. The standard InChI is InChI=1S/C26H22N2O8/c1-33-13-5-7-15(35-3)21-17(13)11(9-27-21)19-23(29)25(31)20(26(32)24(19)30)12-10-28-22-16(36-4)8-6-14(34-2)18(12)22/h5-10,27-29,32H,1-4H3. The summed E-state index contributed by atoms with van der Waals surface area (Å²) in [6, 6.07) is 6.63. The van der Waals surface area contributed by atoms with Gasteiger partial charge in [-0.2, -0.15) is 0 Å². The van der Waals surface area contributed by atoms with Crippen LogP contribution in [0.25, 0.3) is 33.0 Å². The molecule has 184 valence electrons. The van der Waals surface area contributed by atoms with Crippen LogP contribution in [0.3, 0.4) is 0 Å². The van der Waals surface area contributed by atoms with Gasteiger partial charge in [0.05, 0.1) is 61.4 Å². The third-order valence-electron chi connectivity index (χ3n) is 6.29. The fraction of sp³-hybridized carbons (Fsp3) is 0.154. The quantitative estimate of drug-likeness (QED) is 0.296. The Kier molecular flexibility index (Phi) is 5.36. The molecule has 0 bridgehead atoms. The SMILES string of the molecule is COc1ccc(OC)c2c(C3=C(O)C(=O)C(c4c[nH]c5c(OC)ccc(OC)c45)=C(O)C3=O)c[nH]c12. The Labute approximate surface area is 204 Å². The number of hydrogen-bond acceptors (Lipinski definition) is 8. The number of aromatic amines is 2. The third kappa shape index (κ3) is 3.04. The number of ketones is 2. The molecular formula is C26H22N2O8. The summed E-state index contributed by atoms with van der Waals surface area (Å²) in [5, 5.41) is 22.9. The van der Waals surface area contributed by atoms with Crippen molar-refractivity contribution in [1.82, 2.24) is 9.97 Å². The molecule has 36 heavy (non-hydrogen) atoms. The van der Waals surface area contributed by atoms with E-state index in [1.54, 1.807) is 24.3 Å². The number of rotatable bonds is 6. The number of H-pyrrole nitrogens is 2. The molecule has 4 aromatic rings. The van der Waals surface area contributed by atoms with Gasteiger partial charge >= 0.3 is 0 Å². The van der Waals surface area contributed by atoms with E-state index in [1.807, 2.05) is 0 Å². The number of benzene rings is 2. The minimum absolute atomic E-state index is 0.181. The Morgan fingerprint density at radius 1 is 0.583 bits per heavy atom. The van der Waals surface area contributed by atoms with Crippen LogP contribution >= 0.6 is 0 Å². The molecule has 0 saturated heterocycles. The summed E-state index contributed by atoms with van der Waals surface area (Å²) in [5.74, 6) is -1.78. The van der Waals surface area contributed by atoms with Crippen molar-refractivity contribution >= 4 is 44.5 Å². The second-order valence-electron chi connectivity index (χ2n) is 7.95. The Bertz CT molecular complexity index is 1510. The average molecular weight is 490 g/mol. The lowest BCUT2D eigenvalue weighted by atomic mass is 9.85. The number of Topliss-reactive ketones (excluding diaryl/α,β-unsaturated/α-hetero) is 2. The third-order valence-corrected chi connectivity index (χ3v) is 6.29. The van der Waals surface area contributed by atoms with E-state index in [2.05, 4.69) is 9.97 Å². The molecule has 5 rings (SSSR count). The Hall–Kier alpha value is -4.86. The predicted molar refractivity (Wildman–Crippen MR) is 132 cm³/mol. The van der Waals surface area contributed by atoms with Gasteiger partial charge < -0.3 is 39.1 Å². The van der Waals surface area contributed by atoms with E-state index in [0.717, 1.165) is 0 Å². The molecule has 1 aliphatic carbocycles. The van der Waals surface area contributed by atoms with Crippen molar-refractivity contribution in [2.45, 2.75) is 0 Å². The summed E-state index contributed by atoms with van der Waals surface area (Å²) in [6.45, 7) is 0. The molecule has 10 heteroatoms. The van der Waals surface area contributed by atoms with Crippen molar-refractivity contribution in [3.63, 3.8) is 0 Å². The number of carbonyl (C=O) groups excluding carboxylic acids is 2. The van der Waals surface area contributed by atoms with Gasteiger partial charge in [0.25, 0.3) is 0 Å². The molecule has 0 atom stereocenters. The van der Waals surface area contributed by atoms with Crippen LogP contribution in [0.5, 0.6) is 23.0 Å². The number of fused-ring (bicyclic) bond motifs is 2. The van der Waals surface area contributed by atoms with E-state index >= 15 is 0 Å². The molecule has 10 nitrogen and oxygen atoms in total. The first-order valence-electron chi connectivity index (χ1n) is 10.8. The molecule has 2 aromatic carbocycles. The highest BCUT2D eigenvalue weighted by Crippen LogP contribution is 2.44. The summed E-state index contributed by atoms with van der Waals surface area (Å²) >= 11 is 0. The normalized spacial score (nSPS) is 14.2. The number of nitrogens with one attached hydrogen (secondary N) is 2. The Balaban J connectivity index is 1.73. The zero-order valence-electron chi connectivity index (χ0n) is 19.8. The van der Waals surface area contributed by atoms with Crippen molar-refractivity contribution in [3.8, 4) is 23.0 Å². The Morgan fingerprint density at radius 3 is 1.25 bits per heavy atom. The number of hydrogen-bond donors (Lipinski definition) is 4. The van der Waals surface area contributed by atoms with E-state index in [4.69, 9.17) is 18.9 Å². The number of allylic oxidation sites excluding steroid dienone is 2. The van der Waals surface area contributed by atoms with E-state index in [9.17, 15) is 19.8 Å². The van der Waals surface area contributed by atoms with Crippen LogP contribution in [0.2, 0.25) is 0 Å². The summed E-state index contributed by atoms with van der Waals surface area (Å²) in [7, 11) is 5.88. The first-order chi connectivity index (χ1) is 17.4. The zero-order chi connectivity index (χ0) is 25.7. The van der Waals surface area contributed by atoms with Crippen molar-refractivity contribution < 1.29 is 38.7 Å². The lowest BCUT2D eigenvalue weighted by Gasteiger charge is -2.18. The minimum Gasteiger partial charge on any atom is -0.504 e. The topological polar surface area (TPSA) is 143 Å². The van der Waals surface area contributed by atoms with Crippen LogP contribution in [-0.2, 0) is 9.59 Å². The van der Waals surface area contributed by atoms with E-state index in [0.29, 0.717) is 44.8 Å². The average Bonchev–Trinajstić information content (AvgIpc) is 3.53. The van der Waals surface area contributed by atoms with Gasteiger partial charge in [-0.05, 0) is 24.3 Å². The lowest BCUT2D eigenvalue weighted by molar-refractivity contribution is -0.116. The number of aliphatic hydroxyl groups excluding tert-OH is 2. The summed E-state index contributed by atoms with van der Waals surface area (Å²) < 4.78 is 21.6. The molecular weight excluding hydrogens is 468 g/mol. The predicted octanol–water partition coefficient (Wildman–Crippen LogP) is 4.07. The first-order valence-corrected chi connectivity index (χ1v) is 10.8. The van der Waals surface area contributed by atoms with Crippen molar-refractivity contribution in [2.24, 2.45) is 0 Å². The van der Waals surface area contributed by atoms with Crippen LogP contribution in [-0.4, -0.2) is 60.2 Å². The highest BCUT2D eigenvalue weighted by atomic mass is 16.5. The monoisotopic (exact) mass is 490 g/mol. The van der Waals surface area contributed by atoms with Crippen LogP contribution < -0.4 is 18.9 Å². The maximum absolute atomic E-state index is 13.5. The van der Waals surface area contributed by atoms with Gasteiger partial charge in [0, 0.05) is 23.5 Å². The van der Waals surface area contributed by atoms with Gasteiger partial charge in [0.15, 0.2) is 11.5 Å². The summed E-state index contributed by atoms with van der Waals surface area (Å²) in [5.41, 5.74) is 0.637. The summed E-state index contributed by atoms with van der Waals surface area (Å²) in [6.07, 6.45) is 2.90. The maximum Gasteiger partial charge on any atom is 0.232 e. The number of methoxy groups -OCH3 is 4. The van der Waals surface area contributed by atoms with Gasteiger partial charge in [-0.3, -0.25) is 9.59 Å². The van der Waals surface area contributed by atoms with E-state index < -0.39 is 23.1 Å². The molecule has 0 radical (unpaired) electrons. The summed E-state index contributed by atoms with van der Waals surface area (Å²) in [4.78, 5) is 32.9. The molecule has 0 unspecified atom stereocenters. The van der Waals surface area contributed by atoms with Crippen molar-refractivity contribution in [2.75, 3.05) is 28.4 Å². The minimum atomic E-state index is -0.927. The smallest absolute Gasteiger partial charge is 0.232 e. The molecule has 0 spiro atoms. The zero-order valence-corrected chi connectivity index (χ0v) is 19.8. The Morgan fingerprint density at radius 2 is 0.917 bits per heavy atom. The second-order valence-corrected chi connectivity index (χ2v) is 7.95. The van der Waals surface area contributed by atoms with Crippen LogP contribution in [0, 0.1) is 0 Å². The largest absolute Gasteiger partial charge is 0.504 e. The fourth-order valence-corrected chi connectivity index (χ4v) is 4.64. The van der Waals surface area contributed by atoms with Gasteiger partial charge in [-0.15, -0.1) is 0 Å². The number of aromatic nitrogens is 2. The molecule has 0 amide bonds. The molecule has 4 N–H and O–H groups in total. The number of ether oxygens (including phenoxy) is 4. The molecule has 1 aliphatic rings. The van der Waals surface area contributed by atoms with E-state index in [-0.39, 0.29) is 22.3 Å². The van der Waals surface area contributed by atoms with Crippen LogP contribution in [0.4, 0.5) is 0 Å². The number of carbonyl (C=O) groups is 2. The van der Waals surface area contributed by atoms with Gasteiger partial charge in [0.2, 0.25) is 11.6 Å². The van der Waals surface area contributed by atoms with Crippen molar-refractivity contribution in [1.29, 1.82) is 0 Å². The van der Waals surface area contributed by atoms with Crippen molar-refractivity contribution in [3.05, 3.63) is 59.3 Å². The van der Waals surface area contributed by atoms with Gasteiger partial charge in [-0.25, -0.2) is 0 Å². The highest BCUT2D eigenvalue weighted by molar-refractivity contribution is 6.48. The lowest BCUT2D eigenvalue weighted by Crippen LogP contribution is -2.22. The van der Waals surface area contributed by atoms with Crippen LogP contribution in [0.1, 0.15) is 11.1 Å². The van der Waals surface area contributed by atoms with Gasteiger partial charge in [-0.1, -0.05) is 0 Å². The molecule has 0 fully saturated rings. The maximum atomic E-state index is 13.5. The highest BCUT2D eigenvalue weighted by Gasteiger charge is 2.39. The fourth-order valence-electron chi connectivity index (χ4n) is 4.64. The van der Waals surface area contributed by atoms with Gasteiger partial charge in [0.1, 0.15) is 23.0 Å². The molecule has 2 aromatic heterocycles. The van der Waals surface area contributed by atoms with Crippen LogP contribution in [0.15, 0.2) is 48.2 Å². The van der Waals surface area contributed by atoms with E-state index in [1.165, 1.54) is 40.8 Å². The second kappa shape index (κ2) is 8.42. The first kappa shape index (κ1) is 22.9.